The Bertz CT molecular complexity index is 323. The fourth-order valence-corrected chi connectivity index (χ4v) is 2.24. The van der Waals surface area contributed by atoms with Crippen molar-refractivity contribution in [2.75, 3.05) is 0 Å². The average Bonchev–Trinajstić information content (AvgIpc) is 2.50. The average molecular weight is 182 g/mol. The minimum Gasteiger partial charge on any atom is -0.509 e. The summed E-state index contributed by atoms with van der Waals surface area (Å²) in [6.45, 7) is 5.33. The smallest absolute Gasteiger partial charge is 0.176 e. The van der Waals surface area contributed by atoms with E-state index in [0.29, 0.717) is 6.42 Å². The maximum atomic E-state index is 11.4. The van der Waals surface area contributed by atoms with Crippen LogP contribution >= 0.6 is 0 Å². The zero-order valence-electron chi connectivity index (χ0n) is 8.09. The molecule has 72 valence electrons. The first kappa shape index (κ1) is 8.75. The van der Waals surface area contributed by atoms with Crippen molar-refractivity contribution in [3.63, 3.8) is 0 Å². The monoisotopic (exact) mass is 182 g/mol. The first-order valence-corrected chi connectivity index (χ1v) is 4.49. The Hall–Kier alpha value is -0.830. The van der Waals surface area contributed by atoms with Crippen LogP contribution in [0.15, 0.2) is 11.3 Å². The van der Waals surface area contributed by atoms with Crippen molar-refractivity contribution >= 4 is 5.78 Å². The highest BCUT2D eigenvalue weighted by molar-refractivity contribution is 5.93. The van der Waals surface area contributed by atoms with Crippen molar-refractivity contribution in [2.45, 2.75) is 32.8 Å². The molecular formula is C10H14O3. The summed E-state index contributed by atoms with van der Waals surface area (Å²) in [6.07, 6.45) is 0.361. The lowest BCUT2D eigenvalue weighted by Gasteiger charge is -2.23. The normalized spacial score (nSPS) is 41.8. The number of Topliss-reactive ketones (excluding diaryl/α,β-unsaturated/α-hetero) is 1. The van der Waals surface area contributed by atoms with Crippen LogP contribution in [-0.4, -0.2) is 21.6 Å². The van der Waals surface area contributed by atoms with E-state index in [9.17, 15) is 15.0 Å². The van der Waals surface area contributed by atoms with Crippen LogP contribution in [0.25, 0.3) is 0 Å². The fraction of sp³-hybridized carbons (Fsp3) is 0.700. The molecule has 2 unspecified atom stereocenters. The second kappa shape index (κ2) is 1.98. The zero-order valence-corrected chi connectivity index (χ0v) is 8.09. The van der Waals surface area contributed by atoms with Crippen molar-refractivity contribution in [1.29, 1.82) is 0 Å². The Labute approximate surface area is 77.1 Å². The summed E-state index contributed by atoms with van der Waals surface area (Å²) in [5.41, 5.74) is -0.878. The number of carbonyl (C=O) groups excluding carboxylic acids is 1. The molecule has 13 heavy (non-hydrogen) atoms. The number of aliphatic hydroxyl groups excluding tert-OH is 1. The molecule has 2 aliphatic rings. The lowest BCUT2D eigenvalue weighted by atomic mass is 9.89. The van der Waals surface area contributed by atoms with Gasteiger partial charge in [0, 0.05) is 12.3 Å². The van der Waals surface area contributed by atoms with E-state index in [4.69, 9.17) is 0 Å². The molecule has 2 aliphatic carbocycles. The largest absolute Gasteiger partial charge is 0.509 e. The number of aliphatic hydroxyl groups is 2. The summed E-state index contributed by atoms with van der Waals surface area (Å²) < 4.78 is 0. The SMILES string of the molecule is CC1(O)C(=O)CC2C(=C1O)C2(C)C. The van der Waals surface area contributed by atoms with Gasteiger partial charge in [-0.2, -0.15) is 0 Å². The molecule has 0 saturated heterocycles. The van der Waals surface area contributed by atoms with Crippen LogP contribution in [0.5, 0.6) is 0 Å². The highest BCUT2D eigenvalue weighted by atomic mass is 16.3. The van der Waals surface area contributed by atoms with E-state index < -0.39 is 5.60 Å². The van der Waals surface area contributed by atoms with Gasteiger partial charge < -0.3 is 10.2 Å². The zero-order chi connectivity index (χ0) is 10.0. The van der Waals surface area contributed by atoms with Crippen LogP contribution in [0.4, 0.5) is 0 Å². The summed E-state index contributed by atoms with van der Waals surface area (Å²) >= 11 is 0. The molecule has 0 aromatic heterocycles. The summed E-state index contributed by atoms with van der Waals surface area (Å²) in [5.74, 6) is -0.233. The molecule has 2 rings (SSSR count). The Morgan fingerprint density at radius 3 is 2.46 bits per heavy atom. The molecule has 1 fully saturated rings. The van der Waals surface area contributed by atoms with E-state index in [1.807, 2.05) is 13.8 Å². The maximum Gasteiger partial charge on any atom is 0.176 e. The molecule has 0 bridgehead atoms. The van der Waals surface area contributed by atoms with Crippen LogP contribution in [0, 0.1) is 11.3 Å². The van der Waals surface area contributed by atoms with Gasteiger partial charge in [0.05, 0.1) is 0 Å². The predicted molar refractivity (Wildman–Crippen MR) is 47.2 cm³/mol. The van der Waals surface area contributed by atoms with Crippen LogP contribution in [0.3, 0.4) is 0 Å². The summed E-state index contributed by atoms with van der Waals surface area (Å²) in [7, 11) is 0. The Balaban J connectivity index is 2.51. The van der Waals surface area contributed by atoms with Gasteiger partial charge in [-0.05, 0) is 17.9 Å². The van der Waals surface area contributed by atoms with Crippen molar-refractivity contribution in [3.05, 3.63) is 11.3 Å². The molecule has 0 amide bonds. The van der Waals surface area contributed by atoms with Crippen LogP contribution in [0.2, 0.25) is 0 Å². The van der Waals surface area contributed by atoms with Gasteiger partial charge in [-0.1, -0.05) is 13.8 Å². The molecule has 3 nitrogen and oxygen atoms in total. The highest BCUT2D eigenvalue weighted by Gasteiger charge is 2.62. The topological polar surface area (TPSA) is 57.5 Å². The predicted octanol–water partition coefficient (Wildman–Crippen LogP) is 1.18. The second-order valence-electron chi connectivity index (χ2n) is 4.74. The summed E-state index contributed by atoms with van der Waals surface area (Å²) in [5, 5.41) is 19.3. The third kappa shape index (κ3) is 0.854. The van der Waals surface area contributed by atoms with Crippen molar-refractivity contribution in [2.24, 2.45) is 11.3 Å². The number of ketones is 1. The number of hydrogen-bond donors (Lipinski definition) is 2. The van der Waals surface area contributed by atoms with Crippen molar-refractivity contribution in [3.8, 4) is 0 Å². The number of carbonyl (C=O) groups is 1. The third-order valence-corrected chi connectivity index (χ3v) is 3.48. The van der Waals surface area contributed by atoms with Gasteiger partial charge >= 0.3 is 0 Å². The van der Waals surface area contributed by atoms with Crippen molar-refractivity contribution in [1.82, 2.24) is 0 Å². The molecular weight excluding hydrogens is 168 g/mol. The van der Waals surface area contributed by atoms with Gasteiger partial charge in [-0.15, -0.1) is 0 Å². The molecule has 0 aliphatic heterocycles. The van der Waals surface area contributed by atoms with E-state index in [0.717, 1.165) is 5.57 Å². The highest BCUT2D eigenvalue weighted by Crippen LogP contribution is 2.64. The first-order valence-electron chi connectivity index (χ1n) is 4.49. The number of rotatable bonds is 0. The third-order valence-electron chi connectivity index (χ3n) is 3.48. The van der Waals surface area contributed by atoms with E-state index in [2.05, 4.69) is 0 Å². The number of hydrogen-bond acceptors (Lipinski definition) is 3. The fourth-order valence-electron chi connectivity index (χ4n) is 2.24. The Morgan fingerprint density at radius 2 is 1.92 bits per heavy atom. The number of fused-ring (bicyclic) bond motifs is 1. The van der Waals surface area contributed by atoms with Crippen LogP contribution < -0.4 is 0 Å². The summed E-state index contributed by atoms with van der Waals surface area (Å²) in [4.78, 5) is 11.4. The molecule has 0 aromatic rings. The van der Waals surface area contributed by atoms with Crippen molar-refractivity contribution < 1.29 is 15.0 Å². The van der Waals surface area contributed by atoms with E-state index in [1.54, 1.807) is 0 Å². The lowest BCUT2D eigenvalue weighted by Crippen LogP contribution is -2.39. The Morgan fingerprint density at radius 1 is 1.38 bits per heavy atom. The van der Waals surface area contributed by atoms with Crippen LogP contribution in [0.1, 0.15) is 27.2 Å². The molecule has 3 heteroatoms. The molecule has 2 atom stereocenters. The minimum atomic E-state index is -1.64. The first-order chi connectivity index (χ1) is 5.79. The van der Waals surface area contributed by atoms with Crippen LogP contribution in [-0.2, 0) is 4.79 Å². The summed E-state index contributed by atoms with van der Waals surface area (Å²) in [6, 6.07) is 0. The molecule has 1 saturated carbocycles. The van der Waals surface area contributed by atoms with Gasteiger partial charge in [-0.25, -0.2) is 0 Å². The van der Waals surface area contributed by atoms with E-state index in [1.165, 1.54) is 6.92 Å². The lowest BCUT2D eigenvalue weighted by molar-refractivity contribution is -0.135. The maximum absolute atomic E-state index is 11.4. The minimum absolute atomic E-state index is 0.0970. The molecule has 0 aromatic carbocycles. The van der Waals surface area contributed by atoms with E-state index in [-0.39, 0.29) is 22.9 Å². The van der Waals surface area contributed by atoms with Gasteiger partial charge in [-0.3, -0.25) is 4.79 Å². The molecule has 0 spiro atoms. The molecule has 0 radical (unpaired) electrons. The molecule has 2 N–H and O–H groups in total. The second-order valence-corrected chi connectivity index (χ2v) is 4.74. The van der Waals surface area contributed by atoms with Gasteiger partial charge in [0.25, 0.3) is 0 Å². The quantitative estimate of drug-likeness (QED) is 0.591. The number of allylic oxidation sites excluding steroid dienone is 1. The molecule has 0 heterocycles. The van der Waals surface area contributed by atoms with E-state index >= 15 is 0 Å². The van der Waals surface area contributed by atoms with Gasteiger partial charge in [0.2, 0.25) is 0 Å². The van der Waals surface area contributed by atoms with Gasteiger partial charge in [0.15, 0.2) is 11.4 Å². The standard InChI is InChI=1S/C10H14O3/c1-9(2)5-4-6(11)10(3,13)8(12)7(5)9/h5,12-13H,4H2,1-3H3. The van der Waals surface area contributed by atoms with Gasteiger partial charge in [0.1, 0.15) is 5.76 Å². The Kier molecular flexibility index (Phi) is 1.33.